The highest BCUT2D eigenvalue weighted by Gasteiger charge is 2.32. The van der Waals surface area contributed by atoms with Gasteiger partial charge in [-0.05, 0) is 61.1 Å². The number of benzene rings is 1. The third kappa shape index (κ3) is 3.30. The van der Waals surface area contributed by atoms with Gasteiger partial charge in [0.1, 0.15) is 0 Å². The molecule has 98 valence electrons. The van der Waals surface area contributed by atoms with Gasteiger partial charge in [0.25, 0.3) is 0 Å². The van der Waals surface area contributed by atoms with Gasteiger partial charge in [-0.1, -0.05) is 30.3 Å². The fourth-order valence-electron chi connectivity index (χ4n) is 2.89. The average Bonchev–Trinajstić information content (AvgIpc) is 3.26. The van der Waals surface area contributed by atoms with Gasteiger partial charge >= 0.3 is 0 Å². The van der Waals surface area contributed by atoms with E-state index in [-0.39, 0.29) is 0 Å². The Morgan fingerprint density at radius 2 is 1.78 bits per heavy atom. The molecule has 1 aromatic rings. The zero-order valence-corrected chi connectivity index (χ0v) is 11.8. The molecule has 0 bridgehead atoms. The summed E-state index contributed by atoms with van der Waals surface area (Å²) in [6.45, 7) is 1.22. The summed E-state index contributed by atoms with van der Waals surface area (Å²) in [7, 11) is 0. The second kappa shape index (κ2) is 6.12. The Hall–Kier alpha value is -0.470. The molecule has 1 heterocycles. The van der Waals surface area contributed by atoms with Crippen LogP contribution in [0.4, 0.5) is 0 Å². The van der Waals surface area contributed by atoms with Gasteiger partial charge in [0.15, 0.2) is 0 Å². The maximum absolute atomic E-state index is 3.86. The van der Waals surface area contributed by atoms with Crippen LogP contribution in [0.3, 0.4) is 0 Å². The molecular weight excluding hydrogens is 238 g/mol. The third-order valence-corrected chi connectivity index (χ3v) is 5.27. The highest BCUT2D eigenvalue weighted by molar-refractivity contribution is 7.99. The minimum absolute atomic E-state index is 0.612. The van der Waals surface area contributed by atoms with E-state index in [0.717, 1.165) is 11.8 Å². The standard InChI is InChI=1S/C16H23NS/c1-2-4-14(5-3-1)16(15-6-7-15)17-12-13-8-10-18-11-9-13/h1-5,13,15-17H,6-12H2. The van der Waals surface area contributed by atoms with Crippen molar-refractivity contribution in [3.63, 3.8) is 0 Å². The van der Waals surface area contributed by atoms with Crippen LogP contribution in [-0.4, -0.2) is 18.1 Å². The first-order chi connectivity index (χ1) is 8.93. The van der Waals surface area contributed by atoms with Crippen molar-refractivity contribution in [3.8, 4) is 0 Å². The number of hydrogen-bond donors (Lipinski definition) is 1. The molecule has 2 aliphatic rings. The largest absolute Gasteiger partial charge is 0.309 e. The molecule has 1 atom stereocenters. The summed E-state index contributed by atoms with van der Waals surface area (Å²) >= 11 is 2.12. The SMILES string of the molecule is c1ccc(C(NCC2CCSCC2)C2CC2)cc1. The summed E-state index contributed by atoms with van der Waals surface area (Å²) in [6, 6.07) is 11.6. The van der Waals surface area contributed by atoms with Crippen molar-refractivity contribution >= 4 is 11.8 Å². The van der Waals surface area contributed by atoms with Gasteiger partial charge in [0.05, 0.1) is 0 Å². The molecule has 1 aliphatic heterocycles. The predicted molar refractivity (Wildman–Crippen MR) is 80.0 cm³/mol. The maximum Gasteiger partial charge on any atom is 0.0348 e. The van der Waals surface area contributed by atoms with Gasteiger partial charge in [-0.25, -0.2) is 0 Å². The molecule has 1 saturated carbocycles. The van der Waals surface area contributed by atoms with Gasteiger partial charge < -0.3 is 5.32 Å². The molecule has 0 spiro atoms. The van der Waals surface area contributed by atoms with E-state index in [1.54, 1.807) is 0 Å². The van der Waals surface area contributed by atoms with Crippen LogP contribution in [-0.2, 0) is 0 Å². The summed E-state index contributed by atoms with van der Waals surface area (Å²) in [5.74, 6) is 4.54. The fraction of sp³-hybridized carbons (Fsp3) is 0.625. The van der Waals surface area contributed by atoms with Crippen molar-refractivity contribution in [1.82, 2.24) is 5.32 Å². The third-order valence-electron chi connectivity index (χ3n) is 4.22. The topological polar surface area (TPSA) is 12.0 Å². The van der Waals surface area contributed by atoms with Crippen LogP contribution in [0.2, 0.25) is 0 Å². The normalized spacial score (nSPS) is 22.9. The predicted octanol–water partition coefficient (Wildman–Crippen LogP) is 3.87. The molecule has 2 heteroatoms. The van der Waals surface area contributed by atoms with Crippen molar-refractivity contribution in [3.05, 3.63) is 35.9 Å². The molecule has 0 aromatic heterocycles. The Morgan fingerprint density at radius 3 is 2.44 bits per heavy atom. The molecule has 0 amide bonds. The zero-order chi connectivity index (χ0) is 12.2. The molecule has 1 nitrogen and oxygen atoms in total. The Bertz CT molecular complexity index is 355. The van der Waals surface area contributed by atoms with E-state index in [1.807, 2.05) is 0 Å². The fourth-order valence-corrected chi connectivity index (χ4v) is 4.09. The van der Waals surface area contributed by atoms with Crippen LogP contribution in [0.1, 0.15) is 37.3 Å². The van der Waals surface area contributed by atoms with Gasteiger partial charge in [0, 0.05) is 6.04 Å². The van der Waals surface area contributed by atoms with Crippen molar-refractivity contribution in [2.45, 2.75) is 31.7 Å². The first-order valence-electron chi connectivity index (χ1n) is 7.29. The minimum atomic E-state index is 0.612. The molecule has 2 fully saturated rings. The van der Waals surface area contributed by atoms with Gasteiger partial charge in [-0.3, -0.25) is 0 Å². The second-order valence-corrected chi connectivity index (χ2v) is 6.91. The quantitative estimate of drug-likeness (QED) is 0.863. The summed E-state index contributed by atoms with van der Waals surface area (Å²) in [4.78, 5) is 0. The molecule has 0 radical (unpaired) electrons. The number of hydrogen-bond acceptors (Lipinski definition) is 2. The summed E-state index contributed by atoms with van der Waals surface area (Å²) in [5, 5.41) is 3.86. The van der Waals surface area contributed by atoms with Crippen LogP contribution >= 0.6 is 11.8 Å². The van der Waals surface area contributed by atoms with Crippen molar-refractivity contribution in [1.29, 1.82) is 0 Å². The highest BCUT2D eigenvalue weighted by Crippen LogP contribution is 2.41. The molecule has 1 N–H and O–H groups in total. The van der Waals surface area contributed by atoms with E-state index in [4.69, 9.17) is 0 Å². The smallest absolute Gasteiger partial charge is 0.0348 e. The number of thioether (sulfide) groups is 1. The zero-order valence-electron chi connectivity index (χ0n) is 11.0. The van der Waals surface area contributed by atoms with E-state index in [0.29, 0.717) is 6.04 Å². The Labute approximate surface area is 115 Å². The summed E-state index contributed by atoms with van der Waals surface area (Å²) < 4.78 is 0. The van der Waals surface area contributed by atoms with E-state index < -0.39 is 0 Å². The Balaban J connectivity index is 1.57. The van der Waals surface area contributed by atoms with E-state index in [2.05, 4.69) is 47.4 Å². The molecule has 3 rings (SSSR count). The summed E-state index contributed by atoms with van der Waals surface area (Å²) in [6.07, 6.45) is 5.63. The van der Waals surface area contributed by atoms with Gasteiger partial charge in [-0.2, -0.15) is 11.8 Å². The van der Waals surface area contributed by atoms with Crippen molar-refractivity contribution < 1.29 is 0 Å². The van der Waals surface area contributed by atoms with Crippen molar-refractivity contribution in [2.24, 2.45) is 11.8 Å². The van der Waals surface area contributed by atoms with E-state index >= 15 is 0 Å². The lowest BCUT2D eigenvalue weighted by atomic mass is 9.99. The van der Waals surface area contributed by atoms with E-state index in [1.165, 1.54) is 49.3 Å². The van der Waals surface area contributed by atoms with Crippen LogP contribution in [0.15, 0.2) is 30.3 Å². The lowest BCUT2D eigenvalue weighted by molar-refractivity contribution is 0.390. The van der Waals surface area contributed by atoms with E-state index in [9.17, 15) is 0 Å². The molecule has 18 heavy (non-hydrogen) atoms. The molecule has 1 aromatic carbocycles. The first-order valence-corrected chi connectivity index (χ1v) is 8.45. The van der Waals surface area contributed by atoms with Crippen molar-refractivity contribution in [2.75, 3.05) is 18.1 Å². The Morgan fingerprint density at radius 1 is 1.06 bits per heavy atom. The van der Waals surface area contributed by atoms with Gasteiger partial charge in [-0.15, -0.1) is 0 Å². The van der Waals surface area contributed by atoms with Gasteiger partial charge in [0.2, 0.25) is 0 Å². The summed E-state index contributed by atoms with van der Waals surface area (Å²) in [5.41, 5.74) is 1.49. The Kier molecular flexibility index (Phi) is 4.27. The maximum atomic E-state index is 3.86. The van der Waals surface area contributed by atoms with Crippen LogP contribution < -0.4 is 5.32 Å². The van der Waals surface area contributed by atoms with Crippen LogP contribution in [0, 0.1) is 11.8 Å². The first kappa shape index (κ1) is 12.6. The average molecular weight is 261 g/mol. The lowest BCUT2D eigenvalue weighted by Gasteiger charge is -2.25. The molecule has 1 unspecified atom stereocenters. The highest BCUT2D eigenvalue weighted by atomic mass is 32.2. The molecule has 1 aliphatic carbocycles. The molecular formula is C16H23NS. The lowest BCUT2D eigenvalue weighted by Crippen LogP contribution is -2.30. The van der Waals surface area contributed by atoms with Crippen LogP contribution in [0.25, 0.3) is 0 Å². The monoisotopic (exact) mass is 261 g/mol. The number of nitrogens with one attached hydrogen (secondary N) is 1. The minimum Gasteiger partial charge on any atom is -0.309 e. The van der Waals surface area contributed by atoms with Crippen LogP contribution in [0.5, 0.6) is 0 Å². The second-order valence-electron chi connectivity index (χ2n) is 5.69. The molecule has 1 saturated heterocycles. The number of rotatable bonds is 5.